The first-order chi connectivity index (χ1) is 12.8. The van der Waals surface area contributed by atoms with Gasteiger partial charge in [0.1, 0.15) is 5.82 Å². The van der Waals surface area contributed by atoms with Crippen LogP contribution in [0.15, 0.2) is 53.4 Å². The number of para-hydroxylation sites is 2. The molecule has 27 heavy (non-hydrogen) atoms. The second kappa shape index (κ2) is 8.06. The van der Waals surface area contributed by atoms with Gasteiger partial charge in [-0.3, -0.25) is 9.52 Å². The van der Waals surface area contributed by atoms with Gasteiger partial charge in [0, 0.05) is 12.0 Å². The Morgan fingerprint density at radius 2 is 1.70 bits per heavy atom. The lowest BCUT2D eigenvalue weighted by atomic mass is 9.85. The van der Waals surface area contributed by atoms with Crippen molar-refractivity contribution in [2.24, 2.45) is 11.7 Å². The summed E-state index contributed by atoms with van der Waals surface area (Å²) < 4.78 is 40.6. The molecule has 2 aromatic rings. The maximum atomic E-state index is 13.0. The first-order valence-corrected chi connectivity index (χ1v) is 10.3. The normalized spacial score (nSPS) is 20.1. The van der Waals surface area contributed by atoms with Gasteiger partial charge in [0.15, 0.2) is 0 Å². The number of rotatable bonds is 5. The van der Waals surface area contributed by atoms with Gasteiger partial charge in [0.05, 0.1) is 16.3 Å². The van der Waals surface area contributed by atoms with Crippen LogP contribution in [0.5, 0.6) is 0 Å². The SMILES string of the molecule is NC1CCCC(C(=O)Nc2ccccc2NS(=O)(=O)c2ccc(F)cc2)C1. The number of hydrogen-bond donors (Lipinski definition) is 3. The Labute approximate surface area is 158 Å². The van der Waals surface area contributed by atoms with Crippen LogP contribution in [0, 0.1) is 11.7 Å². The topological polar surface area (TPSA) is 101 Å². The molecule has 144 valence electrons. The van der Waals surface area contributed by atoms with E-state index in [2.05, 4.69) is 10.0 Å². The summed E-state index contributed by atoms with van der Waals surface area (Å²) in [6.45, 7) is 0. The van der Waals surface area contributed by atoms with Crippen LogP contribution in [0.4, 0.5) is 15.8 Å². The van der Waals surface area contributed by atoms with Gasteiger partial charge in [-0.15, -0.1) is 0 Å². The number of nitrogens with two attached hydrogens (primary N) is 1. The zero-order valence-electron chi connectivity index (χ0n) is 14.7. The van der Waals surface area contributed by atoms with E-state index in [1.54, 1.807) is 24.3 Å². The van der Waals surface area contributed by atoms with Gasteiger partial charge in [-0.05, 0) is 55.7 Å². The van der Waals surface area contributed by atoms with E-state index in [0.29, 0.717) is 12.1 Å². The Kier molecular flexibility index (Phi) is 5.76. The molecule has 3 rings (SSSR count). The second-order valence-electron chi connectivity index (χ2n) is 6.72. The smallest absolute Gasteiger partial charge is 0.261 e. The number of benzene rings is 2. The van der Waals surface area contributed by atoms with Gasteiger partial charge in [-0.1, -0.05) is 18.6 Å². The quantitative estimate of drug-likeness (QED) is 0.729. The molecule has 4 N–H and O–H groups in total. The number of nitrogens with one attached hydrogen (secondary N) is 2. The third-order valence-electron chi connectivity index (χ3n) is 4.64. The van der Waals surface area contributed by atoms with Crippen molar-refractivity contribution in [3.8, 4) is 0 Å². The molecule has 1 aliphatic carbocycles. The van der Waals surface area contributed by atoms with E-state index in [0.717, 1.165) is 31.4 Å². The molecule has 2 unspecified atom stereocenters. The predicted molar refractivity (Wildman–Crippen MR) is 102 cm³/mol. The van der Waals surface area contributed by atoms with Gasteiger partial charge < -0.3 is 11.1 Å². The van der Waals surface area contributed by atoms with Crippen LogP contribution in [-0.4, -0.2) is 20.4 Å². The summed E-state index contributed by atoms with van der Waals surface area (Å²) in [6, 6.07) is 11.1. The third-order valence-corrected chi connectivity index (χ3v) is 6.02. The summed E-state index contributed by atoms with van der Waals surface area (Å²) in [5, 5.41) is 2.80. The van der Waals surface area contributed by atoms with E-state index in [1.807, 2.05) is 0 Å². The summed E-state index contributed by atoms with van der Waals surface area (Å²) >= 11 is 0. The molecule has 0 heterocycles. The Morgan fingerprint density at radius 1 is 1.04 bits per heavy atom. The highest BCUT2D eigenvalue weighted by molar-refractivity contribution is 7.92. The van der Waals surface area contributed by atoms with Crippen molar-refractivity contribution in [2.75, 3.05) is 10.0 Å². The van der Waals surface area contributed by atoms with E-state index in [4.69, 9.17) is 5.73 Å². The van der Waals surface area contributed by atoms with Gasteiger partial charge in [0.2, 0.25) is 5.91 Å². The molecular weight excluding hydrogens is 369 g/mol. The highest BCUT2D eigenvalue weighted by Crippen LogP contribution is 2.28. The summed E-state index contributed by atoms with van der Waals surface area (Å²) in [6.07, 6.45) is 3.20. The molecule has 0 radical (unpaired) electrons. The first-order valence-electron chi connectivity index (χ1n) is 8.79. The fourth-order valence-corrected chi connectivity index (χ4v) is 4.28. The highest BCUT2D eigenvalue weighted by atomic mass is 32.2. The molecule has 2 aromatic carbocycles. The lowest BCUT2D eigenvalue weighted by Gasteiger charge is -2.26. The molecule has 1 amide bonds. The van der Waals surface area contributed by atoms with Crippen molar-refractivity contribution in [1.29, 1.82) is 0 Å². The molecule has 8 heteroatoms. The molecule has 1 fully saturated rings. The largest absolute Gasteiger partial charge is 0.328 e. The van der Waals surface area contributed by atoms with Crippen molar-refractivity contribution in [3.63, 3.8) is 0 Å². The van der Waals surface area contributed by atoms with Crippen LogP contribution in [0.2, 0.25) is 0 Å². The molecule has 0 spiro atoms. The Morgan fingerprint density at radius 3 is 2.37 bits per heavy atom. The highest BCUT2D eigenvalue weighted by Gasteiger charge is 2.26. The van der Waals surface area contributed by atoms with E-state index < -0.39 is 15.8 Å². The average Bonchev–Trinajstić information content (AvgIpc) is 2.63. The maximum Gasteiger partial charge on any atom is 0.261 e. The number of hydrogen-bond acceptors (Lipinski definition) is 4. The molecule has 0 saturated heterocycles. The van der Waals surface area contributed by atoms with Crippen molar-refractivity contribution >= 4 is 27.3 Å². The van der Waals surface area contributed by atoms with Crippen LogP contribution >= 0.6 is 0 Å². The van der Waals surface area contributed by atoms with Gasteiger partial charge in [0.25, 0.3) is 10.0 Å². The summed E-state index contributed by atoms with van der Waals surface area (Å²) in [4.78, 5) is 12.5. The van der Waals surface area contributed by atoms with E-state index in [9.17, 15) is 17.6 Å². The van der Waals surface area contributed by atoms with E-state index in [1.165, 1.54) is 12.1 Å². The average molecular weight is 391 g/mol. The Bertz CT molecular complexity index is 916. The summed E-state index contributed by atoms with van der Waals surface area (Å²) in [5.74, 6) is -0.874. The molecule has 1 saturated carbocycles. The van der Waals surface area contributed by atoms with Crippen molar-refractivity contribution in [1.82, 2.24) is 0 Å². The van der Waals surface area contributed by atoms with Crippen LogP contribution < -0.4 is 15.8 Å². The minimum Gasteiger partial charge on any atom is -0.328 e. The third kappa shape index (κ3) is 4.84. The summed E-state index contributed by atoms with van der Waals surface area (Å²) in [7, 11) is -3.91. The lowest BCUT2D eigenvalue weighted by molar-refractivity contribution is -0.120. The van der Waals surface area contributed by atoms with Crippen LogP contribution in [0.25, 0.3) is 0 Å². The number of halogens is 1. The van der Waals surface area contributed by atoms with Crippen molar-refractivity contribution in [2.45, 2.75) is 36.6 Å². The number of carbonyl (C=O) groups excluding carboxylic acids is 1. The number of carbonyl (C=O) groups is 1. The number of amides is 1. The van der Waals surface area contributed by atoms with Gasteiger partial charge >= 0.3 is 0 Å². The van der Waals surface area contributed by atoms with Gasteiger partial charge in [-0.2, -0.15) is 0 Å². The first kappa shape index (κ1) is 19.3. The summed E-state index contributed by atoms with van der Waals surface area (Å²) in [5.41, 5.74) is 6.56. The van der Waals surface area contributed by atoms with E-state index in [-0.39, 0.29) is 28.4 Å². The molecule has 0 bridgehead atoms. The standard InChI is InChI=1S/C19H22FN3O3S/c20-14-8-10-16(11-9-14)27(25,26)23-18-7-2-1-6-17(18)22-19(24)13-4-3-5-15(21)12-13/h1-2,6-11,13,15,23H,3-5,12,21H2,(H,22,24). The maximum absolute atomic E-state index is 13.0. The molecule has 1 aliphatic rings. The molecule has 0 aliphatic heterocycles. The van der Waals surface area contributed by atoms with Gasteiger partial charge in [-0.25, -0.2) is 12.8 Å². The monoisotopic (exact) mass is 391 g/mol. The number of sulfonamides is 1. The lowest BCUT2D eigenvalue weighted by Crippen LogP contribution is -2.34. The van der Waals surface area contributed by atoms with Crippen LogP contribution in [0.1, 0.15) is 25.7 Å². The second-order valence-corrected chi connectivity index (χ2v) is 8.40. The van der Waals surface area contributed by atoms with Crippen molar-refractivity contribution in [3.05, 3.63) is 54.3 Å². The molecule has 2 atom stereocenters. The predicted octanol–water partition coefficient (Wildman–Crippen LogP) is 3.08. The Hall–Kier alpha value is -2.45. The van der Waals surface area contributed by atoms with Crippen LogP contribution in [-0.2, 0) is 14.8 Å². The number of anilines is 2. The molecule has 6 nitrogen and oxygen atoms in total. The minimum atomic E-state index is -3.91. The Balaban J connectivity index is 1.77. The van der Waals surface area contributed by atoms with Crippen molar-refractivity contribution < 1.29 is 17.6 Å². The fraction of sp³-hybridized carbons (Fsp3) is 0.316. The zero-order valence-corrected chi connectivity index (χ0v) is 15.5. The molecular formula is C19H22FN3O3S. The van der Waals surface area contributed by atoms with E-state index >= 15 is 0 Å². The minimum absolute atomic E-state index is 0.0155. The fourth-order valence-electron chi connectivity index (χ4n) is 3.20. The zero-order chi connectivity index (χ0) is 19.4. The van der Waals surface area contributed by atoms with Crippen LogP contribution in [0.3, 0.4) is 0 Å². The molecule has 0 aromatic heterocycles.